The number of rotatable bonds is 4. The zero-order valence-electron chi connectivity index (χ0n) is 12.1. The van der Waals surface area contributed by atoms with E-state index in [4.69, 9.17) is 5.11 Å². The molecule has 114 valence electrons. The van der Waals surface area contributed by atoms with E-state index in [0.29, 0.717) is 25.9 Å². The van der Waals surface area contributed by atoms with Crippen LogP contribution in [0.25, 0.3) is 0 Å². The summed E-state index contributed by atoms with van der Waals surface area (Å²) in [6.07, 6.45) is 2.91. The third-order valence-corrected chi connectivity index (χ3v) is 4.01. The van der Waals surface area contributed by atoms with Gasteiger partial charge in [-0.2, -0.15) is 0 Å². The highest BCUT2D eigenvalue weighted by Gasteiger charge is 2.31. The van der Waals surface area contributed by atoms with Gasteiger partial charge in [0.1, 0.15) is 0 Å². The number of aliphatic carboxylic acids is 1. The van der Waals surface area contributed by atoms with Crippen LogP contribution in [0.1, 0.15) is 26.2 Å². The highest BCUT2D eigenvalue weighted by atomic mass is 16.4. The normalized spacial score (nSPS) is 22.0. The maximum absolute atomic E-state index is 12.2. The number of carboxylic acids is 1. The van der Waals surface area contributed by atoms with E-state index in [1.807, 2.05) is 6.92 Å². The molecule has 0 aromatic carbocycles. The first kappa shape index (κ1) is 15.3. The summed E-state index contributed by atoms with van der Waals surface area (Å²) in [6.45, 7) is 2.70. The van der Waals surface area contributed by atoms with Crippen LogP contribution in [0.2, 0.25) is 0 Å². The third kappa shape index (κ3) is 3.71. The number of hydrogen-bond acceptors (Lipinski definition) is 3. The lowest BCUT2D eigenvalue weighted by Crippen LogP contribution is -2.46. The van der Waals surface area contributed by atoms with Crippen LogP contribution in [-0.4, -0.2) is 39.0 Å². The number of hydrogen-bond donors (Lipinski definition) is 1. The van der Waals surface area contributed by atoms with Gasteiger partial charge >= 0.3 is 5.97 Å². The van der Waals surface area contributed by atoms with Gasteiger partial charge in [0.25, 0.3) is 5.56 Å². The van der Waals surface area contributed by atoms with E-state index in [2.05, 4.69) is 0 Å². The zero-order valence-corrected chi connectivity index (χ0v) is 12.1. The average molecular weight is 292 g/mol. The highest BCUT2D eigenvalue weighted by Crippen LogP contribution is 2.23. The van der Waals surface area contributed by atoms with Gasteiger partial charge < -0.3 is 14.6 Å². The molecule has 2 unspecified atom stereocenters. The van der Waals surface area contributed by atoms with Crippen LogP contribution in [0.15, 0.2) is 29.2 Å². The molecule has 21 heavy (non-hydrogen) atoms. The van der Waals surface area contributed by atoms with Gasteiger partial charge in [-0.1, -0.05) is 6.07 Å². The predicted molar refractivity (Wildman–Crippen MR) is 76.9 cm³/mol. The number of aromatic nitrogens is 1. The standard InChI is InChI=1S/C15H20N2O4/c1-11-10-12(15(20)21)5-9-17(11)14(19)6-8-16-7-3-2-4-13(16)18/h2-4,7,11-12H,5-6,8-10H2,1H3,(H,20,21). The first-order chi connectivity index (χ1) is 9.99. The second-order valence-corrected chi connectivity index (χ2v) is 5.48. The summed E-state index contributed by atoms with van der Waals surface area (Å²) < 4.78 is 1.51. The van der Waals surface area contributed by atoms with E-state index < -0.39 is 5.97 Å². The van der Waals surface area contributed by atoms with Crippen molar-refractivity contribution in [1.29, 1.82) is 0 Å². The topological polar surface area (TPSA) is 79.6 Å². The van der Waals surface area contributed by atoms with Crippen molar-refractivity contribution >= 4 is 11.9 Å². The molecule has 2 atom stereocenters. The van der Waals surface area contributed by atoms with Gasteiger partial charge in [0, 0.05) is 37.8 Å². The SMILES string of the molecule is CC1CC(C(=O)O)CCN1C(=O)CCn1ccccc1=O. The lowest BCUT2D eigenvalue weighted by atomic mass is 9.91. The molecule has 6 nitrogen and oxygen atoms in total. The van der Waals surface area contributed by atoms with Gasteiger partial charge in [0.05, 0.1) is 5.92 Å². The number of likely N-dealkylation sites (tertiary alicyclic amines) is 1. The highest BCUT2D eigenvalue weighted by molar-refractivity contribution is 5.77. The monoisotopic (exact) mass is 292 g/mol. The minimum atomic E-state index is -0.787. The molecule has 1 saturated heterocycles. The Bertz CT molecular complexity index is 581. The number of carboxylic acid groups (broad SMARTS) is 1. The number of pyridine rings is 1. The summed E-state index contributed by atoms with van der Waals surface area (Å²) in [6, 6.07) is 4.82. The molecule has 0 radical (unpaired) electrons. The molecule has 2 heterocycles. The van der Waals surface area contributed by atoms with Crippen molar-refractivity contribution in [3.05, 3.63) is 34.7 Å². The van der Waals surface area contributed by atoms with Gasteiger partial charge in [0.2, 0.25) is 5.91 Å². The molecule has 1 aliphatic rings. The fraction of sp³-hybridized carbons (Fsp3) is 0.533. The lowest BCUT2D eigenvalue weighted by Gasteiger charge is -2.36. The van der Waals surface area contributed by atoms with Gasteiger partial charge in [-0.25, -0.2) is 0 Å². The van der Waals surface area contributed by atoms with Crippen molar-refractivity contribution in [3.63, 3.8) is 0 Å². The third-order valence-electron chi connectivity index (χ3n) is 4.01. The van der Waals surface area contributed by atoms with Crippen LogP contribution in [0.5, 0.6) is 0 Å². The molecular formula is C15H20N2O4. The summed E-state index contributed by atoms with van der Waals surface area (Å²) in [5.74, 6) is -1.17. The van der Waals surface area contributed by atoms with E-state index in [9.17, 15) is 14.4 Å². The van der Waals surface area contributed by atoms with Crippen molar-refractivity contribution < 1.29 is 14.7 Å². The van der Waals surface area contributed by atoms with Crippen LogP contribution in [0.4, 0.5) is 0 Å². The van der Waals surface area contributed by atoms with Crippen molar-refractivity contribution in [2.75, 3.05) is 6.54 Å². The molecule has 0 spiro atoms. The summed E-state index contributed by atoms with van der Waals surface area (Å²) in [4.78, 5) is 36.5. The molecule has 1 aliphatic heterocycles. The number of amides is 1. The Morgan fingerprint density at radius 1 is 1.38 bits per heavy atom. The number of piperidine rings is 1. The summed E-state index contributed by atoms with van der Waals surface area (Å²) in [7, 11) is 0. The second-order valence-electron chi connectivity index (χ2n) is 5.48. The Morgan fingerprint density at radius 3 is 2.76 bits per heavy atom. The molecule has 2 rings (SSSR count). The van der Waals surface area contributed by atoms with Crippen LogP contribution < -0.4 is 5.56 Å². The van der Waals surface area contributed by atoms with Crippen molar-refractivity contribution in [2.45, 2.75) is 38.8 Å². The largest absolute Gasteiger partial charge is 0.481 e. The van der Waals surface area contributed by atoms with Gasteiger partial charge in [-0.15, -0.1) is 0 Å². The number of nitrogens with zero attached hydrogens (tertiary/aromatic N) is 2. The Morgan fingerprint density at radius 2 is 2.14 bits per heavy atom. The Labute approximate surface area is 123 Å². The molecule has 0 aliphatic carbocycles. The Kier molecular flexibility index (Phi) is 4.77. The fourth-order valence-corrected chi connectivity index (χ4v) is 2.77. The van der Waals surface area contributed by atoms with Crippen molar-refractivity contribution in [2.24, 2.45) is 5.92 Å². The number of aryl methyl sites for hydroxylation is 1. The fourth-order valence-electron chi connectivity index (χ4n) is 2.77. The Hall–Kier alpha value is -2.11. The van der Waals surface area contributed by atoms with Crippen LogP contribution >= 0.6 is 0 Å². The molecule has 1 fully saturated rings. The minimum Gasteiger partial charge on any atom is -0.481 e. The maximum Gasteiger partial charge on any atom is 0.306 e. The second kappa shape index (κ2) is 6.56. The van der Waals surface area contributed by atoms with Gasteiger partial charge in [0.15, 0.2) is 0 Å². The molecule has 1 aromatic rings. The quantitative estimate of drug-likeness (QED) is 0.896. The summed E-state index contributed by atoms with van der Waals surface area (Å²) >= 11 is 0. The number of carbonyl (C=O) groups is 2. The molecule has 1 aromatic heterocycles. The lowest BCUT2D eigenvalue weighted by molar-refractivity contribution is -0.147. The van der Waals surface area contributed by atoms with Gasteiger partial charge in [-0.3, -0.25) is 14.4 Å². The minimum absolute atomic E-state index is 0.0258. The summed E-state index contributed by atoms with van der Waals surface area (Å²) in [5, 5.41) is 9.02. The molecular weight excluding hydrogens is 272 g/mol. The maximum atomic E-state index is 12.2. The van der Waals surface area contributed by atoms with E-state index in [-0.39, 0.29) is 29.8 Å². The van der Waals surface area contributed by atoms with E-state index >= 15 is 0 Å². The predicted octanol–water partition coefficient (Wildman–Crippen LogP) is 0.950. The first-order valence-electron chi connectivity index (χ1n) is 7.17. The zero-order chi connectivity index (χ0) is 15.4. The molecule has 1 N–H and O–H groups in total. The smallest absolute Gasteiger partial charge is 0.306 e. The van der Waals surface area contributed by atoms with Crippen LogP contribution in [-0.2, 0) is 16.1 Å². The molecule has 0 saturated carbocycles. The molecule has 1 amide bonds. The van der Waals surface area contributed by atoms with E-state index in [1.165, 1.54) is 10.6 Å². The van der Waals surface area contributed by atoms with Gasteiger partial charge in [-0.05, 0) is 25.8 Å². The average Bonchev–Trinajstić information content (AvgIpc) is 2.46. The van der Waals surface area contributed by atoms with Crippen molar-refractivity contribution in [3.8, 4) is 0 Å². The first-order valence-corrected chi connectivity index (χ1v) is 7.17. The van der Waals surface area contributed by atoms with Crippen LogP contribution in [0.3, 0.4) is 0 Å². The van der Waals surface area contributed by atoms with Crippen molar-refractivity contribution in [1.82, 2.24) is 9.47 Å². The van der Waals surface area contributed by atoms with E-state index in [1.54, 1.807) is 23.2 Å². The van der Waals surface area contributed by atoms with Crippen LogP contribution in [0, 0.1) is 5.92 Å². The Balaban J connectivity index is 1.91. The molecule has 6 heteroatoms. The van der Waals surface area contributed by atoms with E-state index in [0.717, 1.165) is 0 Å². The number of carbonyl (C=O) groups excluding carboxylic acids is 1. The summed E-state index contributed by atoms with van der Waals surface area (Å²) in [5.41, 5.74) is -0.122. The molecule has 0 bridgehead atoms.